The van der Waals surface area contributed by atoms with Gasteiger partial charge in [-0.3, -0.25) is 14.8 Å². The van der Waals surface area contributed by atoms with Crippen LogP contribution in [0, 0.1) is 6.92 Å². The van der Waals surface area contributed by atoms with E-state index in [1.165, 1.54) is 0 Å². The molecule has 2 aromatic heterocycles. The van der Waals surface area contributed by atoms with Gasteiger partial charge in [-0.2, -0.15) is 0 Å². The second-order valence-electron chi connectivity index (χ2n) is 4.98. The lowest BCUT2D eigenvalue weighted by Crippen LogP contribution is -2.32. The Morgan fingerprint density at radius 3 is 2.81 bits per heavy atom. The van der Waals surface area contributed by atoms with E-state index in [-0.39, 0.29) is 5.91 Å². The van der Waals surface area contributed by atoms with E-state index in [0.717, 1.165) is 17.5 Å². The van der Waals surface area contributed by atoms with Crippen molar-refractivity contribution >= 4 is 5.91 Å². The van der Waals surface area contributed by atoms with Crippen LogP contribution in [-0.4, -0.2) is 33.9 Å². The molecule has 5 heteroatoms. The fourth-order valence-corrected chi connectivity index (χ4v) is 2.10. The zero-order chi connectivity index (χ0) is 15.1. The first kappa shape index (κ1) is 15.1. The SMILES string of the molecule is Cc1cncc(C(=O)N(CCCN)Cc2cccnc2)c1. The van der Waals surface area contributed by atoms with Crippen LogP contribution in [0.4, 0.5) is 0 Å². The minimum atomic E-state index is -0.0245. The fourth-order valence-electron chi connectivity index (χ4n) is 2.10. The van der Waals surface area contributed by atoms with Crippen molar-refractivity contribution in [2.75, 3.05) is 13.1 Å². The van der Waals surface area contributed by atoms with Crippen LogP contribution < -0.4 is 5.73 Å². The van der Waals surface area contributed by atoms with Crippen molar-refractivity contribution in [2.24, 2.45) is 5.73 Å². The molecule has 0 aromatic carbocycles. The lowest BCUT2D eigenvalue weighted by atomic mass is 10.1. The van der Waals surface area contributed by atoms with E-state index in [9.17, 15) is 4.79 Å². The summed E-state index contributed by atoms with van der Waals surface area (Å²) in [5, 5.41) is 0. The summed E-state index contributed by atoms with van der Waals surface area (Å²) in [6.45, 7) is 3.64. The summed E-state index contributed by atoms with van der Waals surface area (Å²) in [6, 6.07) is 5.69. The number of hydrogen-bond donors (Lipinski definition) is 1. The maximum Gasteiger partial charge on any atom is 0.255 e. The van der Waals surface area contributed by atoms with E-state index in [0.29, 0.717) is 25.2 Å². The summed E-state index contributed by atoms with van der Waals surface area (Å²) in [4.78, 5) is 22.6. The van der Waals surface area contributed by atoms with E-state index in [2.05, 4.69) is 9.97 Å². The minimum Gasteiger partial charge on any atom is -0.334 e. The van der Waals surface area contributed by atoms with Crippen LogP contribution in [0.3, 0.4) is 0 Å². The first-order valence-electron chi connectivity index (χ1n) is 7.00. The van der Waals surface area contributed by atoms with Gasteiger partial charge in [-0.25, -0.2) is 0 Å². The lowest BCUT2D eigenvalue weighted by molar-refractivity contribution is 0.0741. The van der Waals surface area contributed by atoms with Gasteiger partial charge in [0.25, 0.3) is 5.91 Å². The normalized spacial score (nSPS) is 10.4. The molecule has 2 rings (SSSR count). The highest BCUT2D eigenvalue weighted by Crippen LogP contribution is 2.10. The number of aromatic nitrogens is 2. The van der Waals surface area contributed by atoms with E-state index >= 15 is 0 Å². The molecule has 0 unspecified atom stereocenters. The van der Waals surface area contributed by atoms with Crippen molar-refractivity contribution in [1.82, 2.24) is 14.9 Å². The number of amides is 1. The zero-order valence-corrected chi connectivity index (χ0v) is 12.2. The van der Waals surface area contributed by atoms with Crippen LogP contribution in [0.2, 0.25) is 0 Å². The molecular weight excluding hydrogens is 264 g/mol. The standard InChI is InChI=1S/C16H20N4O/c1-13-8-15(11-19-9-13)16(21)20(7-3-5-17)12-14-4-2-6-18-10-14/h2,4,6,8-11H,3,5,7,12,17H2,1H3. The highest BCUT2D eigenvalue weighted by molar-refractivity contribution is 5.94. The maximum atomic E-state index is 12.6. The topological polar surface area (TPSA) is 72.1 Å². The van der Waals surface area contributed by atoms with Gasteiger partial charge in [0.05, 0.1) is 5.56 Å². The van der Waals surface area contributed by atoms with Gasteiger partial charge >= 0.3 is 0 Å². The molecule has 0 aliphatic heterocycles. The summed E-state index contributed by atoms with van der Waals surface area (Å²) in [5.41, 5.74) is 8.15. The van der Waals surface area contributed by atoms with Gasteiger partial charge in [-0.05, 0) is 43.1 Å². The third-order valence-electron chi connectivity index (χ3n) is 3.14. The molecule has 0 aliphatic carbocycles. The van der Waals surface area contributed by atoms with Crippen molar-refractivity contribution < 1.29 is 4.79 Å². The average molecular weight is 284 g/mol. The predicted molar refractivity (Wildman–Crippen MR) is 81.6 cm³/mol. The number of hydrogen-bond acceptors (Lipinski definition) is 4. The largest absolute Gasteiger partial charge is 0.334 e. The predicted octanol–water partition coefficient (Wildman–Crippen LogP) is 1.78. The number of aryl methyl sites for hydroxylation is 1. The molecule has 0 fully saturated rings. The smallest absolute Gasteiger partial charge is 0.255 e. The van der Waals surface area contributed by atoms with Gasteiger partial charge in [0, 0.05) is 37.9 Å². The third kappa shape index (κ3) is 4.36. The second-order valence-corrected chi connectivity index (χ2v) is 4.98. The van der Waals surface area contributed by atoms with Crippen LogP contribution in [-0.2, 0) is 6.54 Å². The van der Waals surface area contributed by atoms with Crippen molar-refractivity contribution in [3.8, 4) is 0 Å². The summed E-state index contributed by atoms with van der Waals surface area (Å²) in [7, 11) is 0. The van der Waals surface area contributed by atoms with Crippen molar-refractivity contribution in [3.05, 3.63) is 59.7 Å². The van der Waals surface area contributed by atoms with E-state index < -0.39 is 0 Å². The highest BCUT2D eigenvalue weighted by Gasteiger charge is 2.16. The molecule has 0 spiro atoms. The molecule has 5 nitrogen and oxygen atoms in total. The Morgan fingerprint density at radius 2 is 2.14 bits per heavy atom. The van der Waals surface area contributed by atoms with E-state index in [4.69, 9.17) is 5.73 Å². The summed E-state index contributed by atoms with van der Waals surface area (Å²) in [5.74, 6) is -0.0245. The first-order chi connectivity index (χ1) is 10.2. The summed E-state index contributed by atoms with van der Waals surface area (Å²) in [6.07, 6.45) is 7.61. The molecule has 21 heavy (non-hydrogen) atoms. The molecule has 0 bridgehead atoms. The minimum absolute atomic E-state index is 0.0245. The molecule has 2 aromatic rings. The Bertz CT molecular complexity index is 586. The molecule has 0 aliphatic rings. The molecule has 0 saturated carbocycles. The average Bonchev–Trinajstić information content (AvgIpc) is 2.51. The van der Waals surface area contributed by atoms with Crippen molar-refractivity contribution in [2.45, 2.75) is 19.9 Å². The quantitative estimate of drug-likeness (QED) is 0.877. The van der Waals surface area contributed by atoms with Crippen LogP contribution in [0.25, 0.3) is 0 Å². The maximum absolute atomic E-state index is 12.6. The van der Waals surface area contributed by atoms with E-state index in [1.807, 2.05) is 25.1 Å². The number of nitrogens with zero attached hydrogens (tertiary/aromatic N) is 3. The molecule has 0 atom stereocenters. The van der Waals surface area contributed by atoms with Gasteiger partial charge in [0.15, 0.2) is 0 Å². The molecule has 1 amide bonds. The van der Waals surface area contributed by atoms with Crippen molar-refractivity contribution in [3.63, 3.8) is 0 Å². The van der Waals surface area contributed by atoms with Gasteiger partial charge in [0.2, 0.25) is 0 Å². The van der Waals surface area contributed by atoms with Crippen molar-refractivity contribution in [1.29, 1.82) is 0 Å². The molecular formula is C16H20N4O. The number of carbonyl (C=O) groups excluding carboxylic acids is 1. The Labute approximate surface area is 124 Å². The van der Waals surface area contributed by atoms with E-state index in [1.54, 1.807) is 29.7 Å². The zero-order valence-electron chi connectivity index (χ0n) is 12.2. The lowest BCUT2D eigenvalue weighted by Gasteiger charge is -2.22. The summed E-state index contributed by atoms with van der Waals surface area (Å²) >= 11 is 0. The highest BCUT2D eigenvalue weighted by atomic mass is 16.2. The van der Waals surface area contributed by atoms with Gasteiger partial charge in [-0.1, -0.05) is 6.07 Å². The van der Waals surface area contributed by atoms with Crippen LogP contribution in [0.15, 0.2) is 43.0 Å². The Kier molecular flexibility index (Phi) is 5.40. The van der Waals surface area contributed by atoms with Crippen LogP contribution in [0.1, 0.15) is 27.9 Å². The molecule has 0 saturated heterocycles. The Hall–Kier alpha value is -2.27. The molecule has 110 valence electrons. The summed E-state index contributed by atoms with van der Waals surface area (Å²) < 4.78 is 0. The number of nitrogens with two attached hydrogens (primary N) is 1. The van der Waals surface area contributed by atoms with Gasteiger partial charge in [0.1, 0.15) is 0 Å². The molecule has 2 heterocycles. The third-order valence-corrected chi connectivity index (χ3v) is 3.14. The number of carbonyl (C=O) groups is 1. The first-order valence-corrected chi connectivity index (χ1v) is 7.00. The second kappa shape index (κ2) is 7.50. The Balaban J connectivity index is 2.17. The number of pyridine rings is 2. The number of rotatable bonds is 6. The van der Waals surface area contributed by atoms with Crippen LogP contribution >= 0.6 is 0 Å². The fraction of sp³-hybridized carbons (Fsp3) is 0.312. The van der Waals surface area contributed by atoms with Crippen LogP contribution in [0.5, 0.6) is 0 Å². The Morgan fingerprint density at radius 1 is 1.29 bits per heavy atom. The van der Waals surface area contributed by atoms with Gasteiger partial charge in [-0.15, -0.1) is 0 Å². The monoisotopic (exact) mass is 284 g/mol. The molecule has 2 N–H and O–H groups in total. The van der Waals surface area contributed by atoms with Gasteiger partial charge < -0.3 is 10.6 Å². The molecule has 0 radical (unpaired) electrons.